The summed E-state index contributed by atoms with van der Waals surface area (Å²) in [7, 11) is 0. The van der Waals surface area contributed by atoms with E-state index in [1.165, 1.54) is 44.9 Å². The molecule has 0 spiro atoms. The van der Waals surface area contributed by atoms with E-state index >= 15 is 0 Å². The summed E-state index contributed by atoms with van der Waals surface area (Å²) in [4.78, 5) is 0. The van der Waals surface area contributed by atoms with Crippen LogP contribution in [0, 0.1) is 23.2 Å². The quantitative estimate of drug-likeness (QED) is 0.598. The molecule has 0 amide bonds. The van der Waals surface area contributed by atoms with Crippen molar-refractivity contribution >= 4 is 0 Å². The van der Waals surface area contributed by atoms with Crippen molar-refractivity contribution in [3.05, 3.63) is 12.2 Å². The van der Waals surface area contributed by atoms with Crippen LogP contribution in [-0.2, 0) is 0 Å². The highest BCUT2D eigenvalue weighted by molar-refractivity contribution is 4.95. The lowest BCUT2D eigenvalue weighted by atomic mass is 9.92. The van der Waals surface area contributed by atoms with Crippen LogP contribution in [0.3, 0.4) is 0 Å². The molecule has 0 aromatic carbocycles. The number of rotatable bonds is 3. The third kappa shape index (κ3) is 3.85. The van der Waals surface area contributed by atoms with E-state index in [9.17, 15) is 5.26 Å². The summed E-state index contributed by atoms with van der Waals surface area (Å²) in [5, 5.41) is 12.9. The molecule has 2 aliphatic rings. The first kappa shape index (κ1) is 12.6. The van der Waals surface area contributed by atoms with Crippen LogP contribution >= 0.6 is 0 Å². The summed E-state index contributed by atoms with van der Waals surface area (Å²) in [5.41, 5.74) is 0. The molecule has 0 bridgehead atoms. The summed E-state index contributed by atoms with van der Waals surface area (Å²) in [6.45, 7) is 1.10. The smallest absolute Gasteiger partial charge is 0.0672 e. The molecule has 94 valence electrons. The van der Waals surface area contributed by atoms with Gasteiger partial charge in [0.05, 0.1) is 12.0 Å². The predicted octanol–water partition coefficient (Wildman–Crippen LogP) is 3.40. The molecule has 0 radical (unpaired) electrons. The normalized spacial score (nSPS) is 33.9. The third-order valence-electron chi connectivity index (χ3n) is 4.23. The average molecular weight is 232 g/mol. The highest BCUT2D eigenvalue weighted by Crippen LogP contribution is 2.24. The standard InChI is InChI=1S/C15H24N2/c16-11-14-9-5-2-6-10-15(14)17-12-13-7-3-1-4-8-13/h1,3,13-15,17H,2,4-10,12H2. The van der Waals surface area contributed by atoms with Crippen molar-refractivity contribution in [3.8, 4) is 6.07 Å². The van der Waals surface area contributed by atoms with Gasteiger partial charge in [-0.2, -0.15) is 5.26 Å². The minimum atomic E-state index is 0.247. The summed E-state index contributed by atoms with van der Waals surface area (Å²) in [5.74, 6) is 1.04. The van der Waals surface area contributed by atoms with Gasteiger partial charge in [0.2, 0.25) is 0 Å². The minimum Gasteiger partial charge on any atom is -0.312 e. The van der Waals surface area contributed by atoms with Gasteiger partial charge in [-0.3, -0.25) is 0 Å². The molecular formula is C15H24N2. The second-order valence-electron chi connectivity index (χ2n) is 5.54. The maximum Gasteiger partial charge on any atom is 0.0672 e. The van der Waals surface area contributed by atoms with Gasteiger partial charge in [-0.25, -0.2) is 0 Å². The molecule has 2 rings (SSSR count). The lowest BCUT2D eigenvalue weighted by Crippen LogP contribution is -2.38. The van der Waals surface area contributed by atoms with Crippen LogP contribution in [0.4, 0.5) is 0 Å². The Morgan fingerprint density at radius 3 is 2.76 bits per heavy atom. The van der Waals surface area contributed by atoms with Crippen molar-refractivity contribution in [2.24, 2.45) is 11.8 Å². The van der Waals surface area contributed by atoms with Crippen molar-refractivity contribution in [2.45, 2.75) is 57.4 Å². The first-order valence-corrected chi connectivity index (χ1v) is 7.18. The van der Waals surface area contributed by atoms with Gasteiger partial charge in [0.1, 0.15) is 0 Å². The first-order valence-electron chi connectivity index (χ1n) is 7.18. The van der Waals surface area contributed by atoms with E-state index in [1.807, 2.05) is 0 Å². The Morgan fingerprint density at radius 1 is 1.12 bits per heavy atom. The van der Waals surface area contributed by atoms with Gasteiger partial charge in [0.15, 0.2) is 0 Å². The van der Waals surface area contributed by atoms with Crippen LogP contribution < -0.4 is 5.32 Å². The van der Waals surface area contributed by atoms with Crippen molar-refractivity contribution < 1.29 is 0 Å². The highest BCUT2D eigenvalue weighted by Gasteiger charge is 2.23. The average Bonchev–Trinajstić information content (AvgIpc) is 2.62. The molecule has 0 aromatic rings. The Morgan fingerprint density at radius 2 is 2.00 bits per heavy atom. The van der Waals surface area contributed by atoms with E-state index in [0.717, 1.165) is 18.9 Å². The van der Waals surface area contributed by atoms with Crippen molar-refractivity contribution in [2.75, 3.05) is 6.54 Å². The van der Waals surface area contributed by atoms with Crippen LogP contribution in [0.2, 0.25) is 0 Å². The van der Waals surface area contributed by atoms with Gasteiger partial charge < -0.3 is 5.32 Å². The maximum absolute atomic E-state index is 9.22. The second kappa shape index (κ2) is 6.81. The third-order valence-corrected chi connectivity index (χ3v) is 4.23. The molecule has 1 N–H and O–H groups in total. The number of nitriles is 1. The largest absolute Gasteiger partial charge is 0.312 e. The van der Waals surface area contributed by atoms with Crippen LogP contribution in [0.5, 0.6) is 0 Å². The van der Waals surface area contributed by atoms with Gasteiger partial charge in [-0.05, 0) is 44.6 Å². The van der Waals surface area contributed by atoms with Crippen LogP contribution in [0.25, 0.3) is 0 Å². The number of nitrogens with one attached hydrogen (secondary N) is 1. The SMILES string of the molecule is N#CC1CCCCCC1NCC1CC=CCC1. The molecule has 0 aromatic heterocycles. The molecule has 3 unspecified atom stereocenters. The van der Waals surface area contributed by atoms with E-state index in [4.69, 9.17) is 0 Å². The second-order valence-corrected chi connectivity index (χ2v) is 5.54. The Balaban J connectivity index is 1.79. The van der Waals surface area contributed by atoms with E-state index in [1.54, 1.807) is 0 Å². The molecule has 3 atom stereocenters. The molecule has 2 aliphatic carbocycles. The molecule has 0 saturated heterocycles. The summed E-state index contributed by atoms with van der Waals surface area (Å²) in [6, 6.07) is 2.96. The molecule has 1 saturated carbocycles. The van der Waals surface area contributed by atoms with Crippen molar-refractivity contribution in [1.29, 1.82) is 5.26 Å². The molecule has 0 aliphatic heterocycles. The highest BCUT2D eigenvalue weighted by atomic mass is 14.9. The molecule has 1 fully saturated rings. The van der Waals surface area contributed by atoms with Crippen molar-refractivity contribution in [1.82, 2.24) is 5.32 Å². The van der Waals surface area contributed by atoms with Crippen LogP contribution in [0.1, 0.15) is 51.4 Å². The fraction of sp³-hybridized carbons (Fsp3) is 0.800. The zero-order chi connectivity index (χ0) is 11.9. The van der Waals surface area contributed by atoms with Crippen molar-refractivity contribution in [3.63, 3.8) is 0 Å². The van der Waals surface area contributed by atoms with Gasteiger partial charge in [-0.1, -0.05) is 31.4 Å². The Labute approximate surface area is 105 Å². The Bertz CT molecular complexity index is 290. The number of allylic oxidation sites excluding steroid dienone is 2. The number of nitrogens with zero attached hydrogens (tertiary/aromatic N) is 1. The van der Waals surface area contributed by atoms with E-state index in [0.29, 0.717) is 6.04 Å². The molecule has 17 heavy (non-hydrogen) atoms. The Kier molecular flexibility index (Phi) is 5.07. The topological polar surface area (TPSA) is 35.8 Å². The summed E-state index contributed by atoms with van der Waals surface area (Å²) >= 11 is 0. The fourth-order valence-electron chi connectivity index (χ4n) is 3.07. The molecule has 2 nitrogen and oxygen atoms in total. The van der Waals surface area contributed by atoms with Gasteiger partial charge in [0.25, 0.3) is 0 Å². The van der Waals surface area contributed by atoms with E-state index < -0.39 is 0 Å². The zero-order valence-electron chi connectivity index (χ0n) is 10.7. The lowest BCUT2D eigenvalue weighted by Gasteiger charge is -2.25. The summed E-state index contributed by atoms with van der Waals surface area (Å²) in [6.07, 6.45) is 14.5. The molecular weight excluding hydrogens is 208 g/mol. The molecule has 0 heterocycles. The Hall–Kier alpha value is -0.810. The monoisotopic (exact) mass is 232 g/mol. The predicted molar refractivity (Wildman–Crippen MR) is 70.5 cm³/mol. The first-order chi connectivity index (χ1) is 8.40. The maximum atomic E-state index is 9.22. The zero-order valence-corrected chi connectivity index (χ0v) is 10.7. The molecule has 2 heteroatoms. The minimum absolute atomic E-state index is 0.247. The number of hydrogen-bond donors (Lipinski definition) is 1. The lowest BCUT2D eigenvalue weighted by molar-refractivity contribution is 0.347. The van der Waals surface area contributed by atoms with Crippen LogP contribution in [-0.4, -0.2) is 12.6 Å². The van der Waals surface area contributed by atoms with Gasteiger partial charge >= 0.3 is 0 Å². The van der Waals surface area contributed by atoms with E-state index in [-0.39, 0.29) is 5.92 Å². The van der Waals surface area contributed by atoms with E-state index in [2.05, 4.69) is 23.5 Å². The van der Waals surface area contributed by atoms with Gasteiger partial charge in [-0.15, -0.1) is 0 Å². The van der Waals surface area contributed by atoms with Crippen LogP contribution in [0.15, 0.2) is 12.2 Å². The fourth-order valence-corrected chi connectivity index (χ4v) is 3.07. The van der Waals surface area contributed by atoms with Gasteiger partial charge in [0, 0.05) is 6.04 Å². The summed E-state index contributed by atoms with van der Waals surface area (Å²) < 4.78 is 0. The number of hydrogen-bond acceptors (Lipinski definition) is 2.